The van der Waals surface area contributed by atoms with Gasteiger partial charge in [0.15, 0.2) is 11.6 Å². The lowest BCUT2D eigenvalue weighted by atomic mass is 10.1. The van der Waals surface area contributed by atoms with Gasteiger partial charge in [-0.1, -0.05) is 23.8 Å². The lowest BCUT2D eigenvalue weighted by molar-refractivity contribution is 0.103. The summed E-state index contributed by atoms with van der Waals surface area (Å²) in [6.45, 7) is 4.10. The van der Waals surface area contributed by atoms with Gasteiger partial charge in [0.1, 0.15) is 0 Å². The van der Waals surface area contributed by atoms with Gasteiger partial charge in [-0.3, -0.25) is 4.79 Å². The summed E-state index contributed by atoms with van der Waals surface area (Å²) in [6, 6.07) is 13.3. The van der Waals surface area contributed by atoms with E-state index in [1.54, 1.807) is 18.2 Å². The number of hydrogen-bond donors (Lipinski definition) is 2. The molecule has 0 radical (unpaired) electrons. The van der Waals surface area contributed by atoms with Crippen molar-refractivity contribution in [3.8, 4) is 0 Å². The molecule has 0 fully saturated rings. The summed E-state index contributed by atoms with van der Waals surface area (Å²) in [5, 5.41) is 15.9. The van der Waals surface area contributed by atoms with Crippen LogP contribution in [0, 0.1) is 13.8 Å². The molecule has 1 aromatic carbocycles. The molecule has 6 heteroatoms. The van der Waals surface area contributed by atoms with E-state index in [9.17, 15) is 4.79 Å². The molecule has 0 aliphatic carbocycles. The number of aromatic nitrogens is 2. The maximum atomic E-state index is 11.9. The first-order chi connectivity index (χ1) is 11.1. The Labute approximate surface area is 138 Å². The van der Waals surface area contributed by atoms with Crippen LogP contribution in [0.25, 0.3) is 0 Å². The zero-order valence-electron chi connectivity index (χ0n) is 12.8. The van der Waals surface area contributed by atoms with Gasteiger partial charge in [0.25, 0.3) is 5.91 Å². The van der Waals surface area contributed by atoms with Crippen molar-refractivity contribution in [2.24, 2.45) is 0 Å². The van der Waals surface area contributed by atoms with Gasteiger partial charge in [0.05, 0.1) is 4.88 Å². The van der Waals surface area contributed by atoms with E-state index < -0.39 is 0 Å². The minimum absolute atomic E-state index is 0.176. The Morgan fingerprint density at radius 1 is 1.04 bits per heavy atom. The fourth-order valence-electron chi connectivity index (χ4n) is 2.14. The van der Waals surface area contributed by atoms with E-state index >= 15 is 0 Å². The quantitative estimate of drug-likeness (QED) is 0.756. The fourth-order valence-corrected chi connectivity index (χ4v) is 2.76. The molecule has 116 valence electrons. The maximum absolute atomic E-state index is 11.9. The van der Waals surface area contributed by atoms with Crippen molar-refractivity contribution in [3.05, 3.63) is 63.8 Å². The van der Waals surface area contributed by atoms with E-state index in [0.717, 1.165) is 11.3 Å². The van der Waals surface area contributed by atoms with Crippen LogP contribution in [-0.4, -0.2) is 16.1 Å². The summed E-state index contributed by atoms with van der Waals surface area (Å²) in [4.78, 5) is 12.6. The molecular formula is C17H16N4OS. The van der Waals surface area contributed by atoms with Gasteiger partial charge in [-0.25, -0.2) is 0 Å². The van der Waals surface area contributed by atoms with E-state index in [1.165, 1.54) is 16.9 Å². The van der Waals surface area contributed by atoms with Crippen LogP contribution in [-0.2, 0) is 0 Å². The van der Waals surface area contributed by atoms with Gasteiger partial charge in [-0.2, -0.15) is 0 Å². The van der Waals surface area contributed by atoms with Crippen LogP contribution in [0.5, 0.6) is 0 Å². The predicted molar refractivity (Wildman–Crippen MR) is 93.5 cm³/mol. The highest BCUT2D eigenvalue weighted by molar-refractivity contribution is 7.12. The van der Waals surface area contributed by atoms with Crippen LogP contribution in [0.3, 0.4) is 0 Å². The third-order valence-electron chi connectivity index (χ3n) is 3.30. The van der Waals surface area contributed by atoms with Gasteiger partial charge < -0.3 is 10.6 Å². The number of carbonyl (C=O) groups is 1. The average molecular weight is 324 g/mol. The number of benzene rings is 1. The molecular weight excluding hydrogens is 308 g/mol. The molecule has 0 unspecified atom stereocenters. The average Bonchev–Trinajstić information content (AvgIpc) is 3.06. The van der Waals surface area contributed by atoms with Crippen LogP contribution in [0.4, 0.5) is 17.3 Å². The first kappa shape index (κ1) is 15.2. The number of amides is 1. The lowest BCUT2D eigenvalue weighted by Crippen LogP contribution is -2.12. The van der Waals surface area contributed by atoms with Gasteiger partial charge in [0.2, 0.25) is 0 Å². The van der Waals surface area contributed by atoms with Gasteiger partial charge in [-0.15, -0.1) is 21.5 Å². The second-order valence-electron chi connectivity index (χ2n) is 5.18. The van der Waals surface area contributed by atoms with E-state index in [0.29, 0.717) is 16.5 Å². The number of hydrogen-bond acceptors (Lipinski definition) is 5. The molecule has 2 N–H and O–H groups in total. The molecule has 0 saturated heterocycles. The maximum Gasteiger partial charge on any atom is 0.266 e. The summed E-state index contributed by atoms with van der Waals surface area (Å²) in [6.07, 6.45) is 0. The van der Waals surface area contributed by atoms with Crippen molar-refractivity contribution < 1.29 is 4.79 Å². The van der Waals surface area contributed by atoms with Crippen LogP contribution in [0.15, 0.2) is 47.8 Å². The first-order valence-electron chi connectivity index (χ1n) is 7.15. The number of anilines is 3. The zero-order valence-corrected chi connectivity index (χ0v) is 13.6. The Hall–Kier alpha value is -2.73. The van der Waals surface area contributed by atoms with Crippen molar-refractivity contribution in [2.45, 2.75) is 13.8 Å². The van der Waals surface area contributed by atoms with Crippen molar-refractivity contribution in [1.82, 2.24) is 10.2 Å². The predicted octanol–water partition coefficient (Wildman–Crippen LogP) is 4.15. The van der Waals surface area contributed by atoms with E-state index in [2.05, 4.69) is 33.8 Å². The summed E-state index contributed by atoms with van der Waals surface area (Å²) in [7, 11) is 0. The third-order valence-corrected chi connectivity index (χ3v) is 4.16. The molecule has 0 saturated carbocycles. The van der Waals surface area contributed by atoms with Crippen LogP contribution < -0.4 is 10.6 Å². The summed E-state index contributed by atoms with van der Waals surface area (Å²) < 4.78 is 0. The standard InChI is InChI=1S/C17H16N4OS/c1-11-5-6-13(12(2)10-11)18-15-7-8-16(21-20-15)19-17(22)14-4-3-9-23-14/h3-10H,1-2H3,(H,18,20)(H,19,21,22). The highest BCUT2D eigenvalue weighted by Crippen LogP contribution is 2.20. The minimum atomic E-state index is -0.176. The van der Waals surface area contributed by atoms with E-state index in [-0.39, 0.29) is 5.91 Å². The molecule has 0 atom stereocenters. The zero-order chi connectivity index (χ0) is 16.2. The third kappa shape index (κ3) is 3.73. The molecule has 0 spiro atoms. The highest BCUT2D eigenvalue weighted by Gasteiger charge is 2.08. The Balaban J connectivity index is 1.68. The molecule has 1 amide bonds. The number of aryl methyl sites for hydroxylation is 2. The number of thiophene rings is 1. The Morgan fingerprint density at radius 3 is 2.48 bits per heavy atom. The number of nitrogens with zero attached hydrogens (tertiary/aromatic N) is 2. The summed E-state index contributed by atoms with van der Waals surface area (Å²) >= 11 is 1.39. The number of carbonyl (C=O) groups excluding carboxylic acids is 1. The molecule has 0 aliphatic rings. The Kier molecular flexibility index (Phi) is 4.34. The summed E-state index contributed by atoms with van der Waals surface area (Å²) in [5.41, 5.74) is 3.34. The van der Waals surface area contributed by atoms with Crippen LogP contribution in [0.1, 0.15) is 20.8 Å². The second-order valence-corrected chi connectivity index (χ2v) is 6.13. The minimum Gasteiger partial charge on any atom is -0.339 e. The molecule has 2 heterocycles. The van der Waals surface area contributed by atoms with Crippen LogP contribution >= 0.6 is 11.3 Å². The highest BCUT2D eigenvalue weighted by atomic mass is 32.1. The molecule has 3 rings (SSSR count). The van der Waals surface area contributed by atoms with E-state index in [4.69, 9.17) is 0 Å². The van der Waals surface area contributed by atoms with Crippen molar-refractivity contribution in [1.29, 1.82) is 0 Å². The number of nitrogens with one attached hydrogen (secondary N) is 2. The normalized spacial score (nSPS) is 10.3. The largest absolute Gasteiger partial charge is 0.339 e. The number of rotatable bonds is 4. The topological polar surface area (TPSA) is 66.9 Å². The van der Waals surface area contributed by atoms with Crippen molar-refractivity contribution >= 4 is 34.6 Å². The van der Waals surface area contributed by atoms with Crippen molar-refractivity contribution in [2.75, 3.05) is 10.6 Å². The first-order valence-corrected chi connectivity index (χ1v) is 8.02. The molecule has 0 bridgehead atoms. The van der Waals surface area contributed by atoms with Crippen molar-refractivity contribution in [3.63, 3.8) is 0 Å². The Morgan fingerprint density at radius 2 is 1.83 bits per heavy atom. The fraction of sp³-hybridized carbons (Fsp3) is 0.118. The molecule has 3 aromatic rings. The smallest absolute Gasteiger partial charge is 0.266 e. The monoisotopic (exact) mass is 324 g/mol. The van der Waals surface area contributed by atoms with Gasteiger partial charge in [-0.05, 0) is 49.1 Å². The van der Waals surface area contributed by atoms with Crippen LogP contribution in [0.2, 0.25) is 0 Å². The lowest BCUT2D eigenvalue weighted by Gasteiger charge is -2.09. The Bertz CT molecular complexity index is 813. The second kappa shape index (κ2) is 6.58. The molecule has 0 aliphatic heterocycles. The SMILES string of the molecule is Cc1ccc(Nc2ccc(NC(=O)c3cccs3)nn2)c(C)c1. The summed E-state index contributed by atoms with van der Waals surface area (Å²) in [5.74, 6) is 0.880. The molecule has 23 heavy (non-hydrogen) atoms. The molecule has 2 aromatic heterocycles. The van der Waals surface area contributed by atoms with E-state index in [1.807, 2.05) is 30.5 Å². The molecule has 5 nitrogen and oxygen atoms in total. The van der Waals surface area contributed by atoms with Gasteiger partial charge >= 0.3 is 0 Å². The van der Waals surface area contributed by atoms with Gasteiger partial charge in [0, 0.05) is 5.69 Å².